The van der Waals surface area contributed by atoms with Gasteiger partial charge in [0.1, 0.15) is 5.75 Å². The monoisotopic (exact) mass is 230 g/mol. The van der Waals surface area contributed by atoms with E-state index in [-0.39, 0.29) is 17.2 Å². The van der Waals surface area contributed by atoms with Gasteiger partial charge in [-0.1, -0.05) is 31.2 Å². The number of hydrogen-bond donors (Lipinski definition) is 2. The quantitative estimate of drug-likeness (QED) is 0.849. The van der Waals surface area contributed by atoms with Crippen LogP contribution in [0.4, 0.5) is 0 Å². The summed E-state index contributed by atoms with van der Waals surface area (Å²) in [5.41, 5.74) is 1.02. The van der Waals surface area contributed by atoms with Crippen LogP contribution in [0.15, 0.2) is 42.5 Å². The minimum absolute atomic E-state index is 0.0732. The lowest BCUT2D eigenvalue weighted by atomic mass is 10.1. The zero-order valence-electron chi connectivity index (χ0n) is 9.55. The molecule has 2 aromatic rings. The normalized spacial score (nSPS) is 10.2. The second-order valence-electron chi connectivity index (χ2n) is 3.69. The van der Waals surface area contributed by atoms with E-state index in [1.165, 1.54) is 12.1 Å². The molecule has 0 spiro atoms. The standard InChI is InChI=1S/C14H14O3/c1-2-10-6-3-4-9-13(10)17-14-11(15)7-5-8-12(14)16/h3-9,15-16H,2H2,1H3. The Hall–Kier alpha value is -2.16. The van der Waals surface area contributed by atoms with Crippen molar-refractivity contribution in [1.29, 1.82) is 0 Å². The Morgan fingerprint density at radius 3 is 2.24 bits per heavy atom. The Balaban J connectivity index is 2.38. The molecule has 0 saturated heterocycles. The Labute approximate surface area is 99.9 Å². The van der Waals surface area contributed by atoms with Gasteiger partial charge in [0, 0.05) is 0 Å². The first-order chi connectivity index (χ1) is 8.22. The lowest BCUT2D eigenvalue weighted by Crippen LogP contribution is -1.90. The van der Waals surface area contributed by atoms with Crippen LogP contribution >= 0.6 is 0 Å². The SMILES string of the molecule is CCc1ccccc1Oc1c(O)cccc1O. The number of aromatic hydroxyl groups is 2. The summed E-state index contributed by atoms with van der Waals surface area (Å²) < 4.78 is 5.56. The Kier molecular flexibility index (Phi) is 3.19. The zero-order valence-corrected chi connectivity index (χ0v) is 9.55. The van der Waals surface area contributed by atoms with Crippen LogP contribution in [0.1, 0.15) is 12.5 Å². The van der Waals surface area contributed by atoms with E-state index >= 15 is 0 Å². The summed E-state index contributed by atoms with van der Waals surface area (Å²) in [5, 5.41) is 19.3. The molecule has 0 aliphatic heterocycles. The van der Waals surface area contributed by atoms with Crippen LogP contribution < -0.4 is 4.74 Å². The van der Waals surface area contributed by atoms with Crippen molar-refractivity contribution in [3.8, 4) is 23.0 Å². The number of phenolic OH excluding ortho intramolecular Hbond substituents is 2. The van der Waals surface area contributed by atoms with Crippen molar-refractivity contribution in [3.05, 3.63) is 48.0 Å². The number of hydrogen-bond acceptors (Lipinski definition) is 3. The summed E-state index contributed by atoms with van der Waals surface area (Å²) in [7, 11) is 0. The molecule has 3 nitrogen and oxygen atoms in total. The van der Waals surface area contributed by atoms with Crippen LogP contribution in [0.25, 0.3) is 0 Å². The summed E-state index contributed by atoms with van der Waals surface area (Å²) in [6, 6.07) is 12.1. The maximum Gasteiger partial charge on any atom is 0.210 e. The van der Waals surface area contributed by atoms with E-state index in [1.807, 2.05) is 31.2 Å². The van der Waals surface area contributed by atoms with E-state index in [4.69, 9.17) is 4.74 Å². The van der Waals surface area contributed by atoms with Gasteiger partial charge in [-0.3, -0.25) is 0 Å². The summed E-state index contributed by atoms with van der Waals surface area (Å²) in [5.74, 6) is 0.590. The topological polar surface area (TPSA) is 49.7 Å². The fourth-order valence-corrected chi connectivity index (χ4v) is 1.62. The fourth-order valence-electron chi connectivity index (χ4n) is 1.62. The van der Waals surface area contributed by atoms with E-state index in [9.17, 15) is 10.2 Å². The van der Waals surface area contributed by atoms with E-state index in [0.29, 0.717) is 5.75 Å². The minimum Gasteiger partial charge on any atom is -0.504 e. The van der Waals surface area contributed by atoms with Crippen molar-refractivity contribution in [2.75, 3.05) is 0 Å². The molecular weight excluding hydrogens is 216 g/mol. The van der Waals surface area contributed by atoms with Crippen LogP contribution in [-0.4, -0.2) is 10.2 Å². The second-order valence-corrected chi connectivity index (χ2v) is 3.69. The third-order valence-corrected chi connectivity index (χ3v) is 2.54. The molecule has 17 heavy (non-hydrogen) atoms. The molecule has 0 aliphatic rings. The second kappa shape index (κ2) is 4.78. The van der Waals surface area contributed by atoms with Gasteiger partial charge < -0.3 is 14.9 Å². The number of rotatable bonds is 3. The zero-order chi connectivity index (χ0) is 12.3. The molecule has 0 aromatic heterocycles. The van der Waals surface area contributed by atoms with Crippen LogP contribution in [0.2, 0.25) is 0 Å². The molecule has 3 heteroatoms. The number of phenols is 2. The van der Waals surface area contributed by atoms with Gasteiger partial charge >= 0.3 is 0 Å². The van der Waals surface area contributed by atoms with Crippen LogP contribution in [0.5, 0.6) is 23.0 Å². The average molecular weight is 230 g/mol. The molecule has 0 aliphatic carbocycles. The smallest absolute Gasteiger partial charge is 0.210 e. The third-order valence-electron chi connectivity index (χ3n) is 2.54. The Bertz CT molecular complexity index is 500. The maximum atomic E-state index is 9.63. The first-order valence-electron chi connectivity index (χ1n) is 5.49. The highest BCUT2D eigenvalue weighted by Crippen LogP contribution is 2.39. The van der Waals surface area contributed by atoms with E-state index < -0.39 is 0 Å². The fraction of sp³-hybridized carbons (Fsp3) is 0.143. The third kappa shape index (κ3) is 2.33. The van der Waals surface area contributed by atoms with Gasteiger partial charge in [0.15, 0.2) is 11.5 Å². The average Bonchev–Trinajstić information content (AvgIpc) is 2.34. The minimum atomic E-state index is -0.0732. The predicted molar refractivity (Wildman–Crippen MR) is 65.7 cm³/mol. The summed E-state index contributed by atoms with van der Waals surface area (Å²) in [4.78, 5) is 0. The maximum absolute atomic E-state index is 9.63. The molecule has 0 atom stereocenters. The highest BCUT2D eigenvalue weighted by molar-refractivity contribution is 5.52. The van der Waals surface area contributed by atoms with Crippen molar-refractivity contribution < 1.29 is 14.9 Å². The largest absolute Gasteiger partial charge is 0.504 e. The van der Waals surface area contributed by atoms with Gasteiger partial charge in [-0.25, -0.2) is 0 Å². The van der Waals surface area contributed by atoms with Crippen LogP contribution in [-0.2, 0) is 6.42 Å². The highest BCUT2D eigenvalue weighted by Gasteiger charge is 2.10. The van der Waals surface area contributed by atoms with E-state index in [1.54, 1.807) is 6.07 Å². The van der Waals surface area contributed by atoms with Gasteiger partial charge in [0.05, 0.1) is 0 Å². The van der Waals surface area contributed by atoms with Crippen molar-refractivity contribution >= 4 is 0 Å². The summed E-state index contributed by atoms with van der Waals surface area (Å²) >= 11 is 0. The van der Waals surface area contributed by atoms with Gasteiger partial charge in [-0.15, -0.1) is 0 Å². The van der Waals surface area contributed by atoms with Crippen molar-refractivity contribution in [2.24, 2.45) is 0 Å². The molecule has 0 radical (unpaired) electrons. The van der Waals surface area contributed by atoms with Gasteiger partial charge in [-0.2, -0.15) is 0 Å². The Morgan fingerprint density at radius 2 is 1.59 bits per heavy atom. The number of para-hydroxylation sites is 2. The van der Waals surface area contributed by atoms with E-state index in [0.717, 1.165) is 12.0 Å². The molecule has 0 bridgehead atoms. The van der Waals surface area contributed by atoms with Crippen molar-refractivity contribution in [3.63, 3.8) is 0 Å². The summed E-state index contributed by atoms with van der Waals surface area (Å²) in [6.45, 7) is 2.02. The molecule has 2 N–H and O–H groups in total. The molecule has 0 fully saturated rings. The lowest BCUT2D eigenvalue weighted by molar-refractivity contribution is 0.374. The van der Waals surface area contributed by atoms with Crippen molar-refractivity contribution in [2.45, 2.75) is 13.3 Å². The molecule has 0 heterocycles. The van der Waals surface area contributed by atoms with Crippen LogP contribution in [0, 0.1) is 0 Å². The lowest BCUT2D eigenvalue weighted by Gasteiger charge is -2.12. The molecule has 0 unspecified atom stereocenters. The molecule has 88 valence electrons. The van der Waals surface area contributed by atoms with Gasteiger partial charge in [0.25, 0.3) is 0 Å². The molecule has 2 aromatic carbocycles. The molecular formula is C14H14O3. The number of benzene rings is 2. The Morgan fingerprint density at radius 1 is 0.941 bits per heavy atom. The molecule has 0 amide bonds. The van der Waals surface area contributed by atoms with E-state index in [2.05, 4.69) is 0 Å². The first-order valence-corrected chi connectivity index (χ1v) is 5.49. The number of aryl methyl sites for hydroxylation is 1. The summed E-state index contributed by atoms with van der Waals surface area (Å²) in [6.07, 6.45) is 0.824. The molecule has 2 rings (SSSR count). The van der Waals surface area contributed by atoms with Gasteiger partial charge in [-0.05, 0) is 30.2 Å². The van der Waals surface area contributed by atoms with Gasteiger partial charge in [0.2, 0.25) is 5.75 Å². The first kappa shape index (κ1) is 11.3. The highest BCUT2D eigenvalue weighted by atomic mass is 16.5. The molecule has 0 saturated carbocycles. The predicted octanol–water partition coefficient (Wildman–Crippen LogP) is 3.45. The number of ether oxygens (including phenoxy) is 1. The van der Waals surface area contributed by atoms with Crippen molar-refractivity contribution in [1.82, 2.24) is 0 Å². The van der Waals surface area contributed by atoms with Crippen LogP contribution in [0.3, 0.4) is 0 Å².